The highest BCUT2D eigenvalue weighted by atomic mass is 14.3. The lowest BCUT2D eigenvalue weighted by Crippen LogP contribution is -2.06. The minimum atomic E-state index is 0.795. The van der Waals surface area contributed by atoms with Crippen LogP contribution in [0.1, 0.15) is 139 Å². The molecular formula is C30H58. The van der Waals surface area contributed by atoms with Gasteiger partial charge < -0.3 is 0 Å². The van der Waals surface area contributed by atoms with Gasteiger partial charge in [0.15, 0.2) is 0 Å². The Hall–Kier alpha value is -0.520. The third kappa shape index (κ3) is 11.2. The lowest BCUT2D eigenvalue weighted by molar-refractivity contribution is 0.460. The summed E-state index contributed by atoms with van der Waals surface area (Å²) in [7, 11) is 0. The van der Waals surface area contributed by atoms with Crippen molar-refractivity contribution in [3.8, 4) is 0 Å². The number of allylic oxidation sites excluding steroid dienone is 4. The quantitative estimate of drug-likeness (QED) is 0.385. The van der Waals surface area contributed by atoms with Crippen LogP contribution < -0.4 is 0 Å². The molecule has 2 fully saturated rings. The van der Waals surface area contributed by atoms with Crippen molar-refractivity contribution in [2.24, 2.45) is 29.6 Å². The van der Waals surface area contributed by atoms with Gasteiger partial charge in [0.2, 0.25) is 0 Å². The molecule has 5 unspecified atom stereocenters. The fourth-order valence-corrected chi connectivity index (χ4v) is 5.55. The van der Waals surface area contributed by atoms with Crippen molar-refractivity contribution in [2.45, 2.75) is 139 Å². The average Bonchev–Trinajstić information content (AvgIpc) is 3.40. The Kier molecular flexibility index (Phi) is 17.8. The lowest BCUT2D eigenvalue weighted by Gasteiger charge is -2.22. The first-order valence-electron chi connectivity index (χ1n) is 14.0. The van der Waals surface area contributed by atoms with Crippen LogP contribution in [-0.4, -0.2) is 0 Å². The third-order valence-corrected chi connectivity index (χ3v) is 7.26. The molecule has 0 amide bonds. The van der Waals surface area contributed by atoms with Gasteiger partial charge in [-0.3, -0.25) is 0 Å². The standard InChI is InChI=1S/C24H40.3C2H6/c1-18-7-10-21(15-18)5-4-6-22-12-9-20(3)24(17-22)14-13-23-11-8-19(2)16-23;3*1-2/h12,17-21,23H,4-11,13-16H2,1-3H3;3*1-2H3. The molecule has 0 aromatic carbocycles. The second-order valence-electron chi connectivity index (χ2n) is 9.63. The molecule has 5 atom stereocenters. The molecule has 2 saturated carbocycles. The molecule has 0 aromatic heterocycles. The second kappa shape index (κ2) is 18.1. The largest absolute Gasteiger partial charge is 0.0807 e. The van der Waals surface area contributed by atoms with Crippen LogP contribution in [0.4, 0.5) is 0 Å². The summed E-state index contributed by atoms with van der Waals surface area (Å²) in [5.41, 5.74) is 3.43. The summed E-state index contributed by atoms with van der Waals surface area (Å²) in [5, 5.41) is 0. The maximum Gasteiger partial charge on any atom is -0.0194 e. The van der Waals surface area contributed by atoms with E-state index in [2.05, 4.69) is 32.9 Å². The van der Waals surface area contributed by atoms with Crippen LogP contribution in [0.15, 0.2) is 23.3 Å². The van der Waals surface area contributed by atoms with E-state index in [1.807, 2.05) is 41.5 Å². The maximum atomic E-state index is 2.60. The summed E-state index contributed by atoms with van der Waals surface area (Å²) in [6, 6.07) is 0. The van der Waals surface area contributed by atoms with E-state index in [-0.39, 0.29) is 0 Å². The van der Waals surface area contributed by atoms with Crippen molar-refractivity contribution in [2.75, 3.05) is 0 Å². The summed E-state index contributed by atoms with van der Waals surface area (Å²) in [6.07, 6.45) is 22.4. The normalized spacial score (nSPS) is 30.0. The van der Waals surface area contributed by atoms with Crippen molar-refractivity contribution in [3.63, 3.8) is 0 Å². The first-order chi connectivity index (χ1) is 14.6. The van der Waals surface area contributed by atoms with Gasteiger partial charge in [-0.2, -0.15) is 0 Å². The van der Waals surface area contributed by atoms with Crippen molar-refractivity contribution < 1.29 is 0 Å². The zero-order valence-electron chi connectivity index (χ0n) is 22.5. The van der Waals surface area contributed by atoms with Crippen LogP contribution in [-0.2, 0) is 0 Å². The first kappa shape index (κ1) is 29.5. The molecule has 178 valence electrons. The molecule has 0 aromatic rings. The molecule has 0 heterocycles. The van der Waals surface area contributed by atoms with E-state index in [1.165, 1.54) is 77.0 Å². The highest BCUT2D eigenvalue weighted by Gasteiger charge is 2.23. The minimum absolute atomic E-state index is 0.795. The third-order valence-electron chi connectivity index (χ3n) is 7.26. The van der Waals surface area contributed by atoms with Crippen LogP contribution in [0.2, 0.25) is 0 Å². The van der Waals surface area contributed by atoms with Gasteiger partial charge in [0.1, 0.15) is 0 Å². The van der Waals surface area contributed by atoms with Gasteiger partial charge in [-0.15, -0.1) is 0 Å². The highest BCUT2D eigenvalue weighted by Crippen LogP contribution is 2.37. The van der Waals surface area contributed by atoms with E-state index < -0.39 is 0 Å². The van der Waals surface area contributed by atoms with E-state index in [0.717, 1.165) is 29.6 Å². The van der Waals surface area contributed by atoms with E-state index in [0.29, 0.717) is 0 Å². The monoisotopic (exact) mass is 418 g/mol. The fourth-order valence-electron chi connectivity index (χ4n) is 5.55. The molecular weight excluding hydrogens is 360 g/mol. The van der Waals surface area contributed by atoms with Crippen LogP contribution in [0.5, 0.6) is 0 Å². The molecule has 30 heavy (non-hydrogen) atoms. The molecule has 0 radical (unpaired) electrons. The molecule has 0 nitrogen and oxygen atoms in total. The van der Waals surface area contributed by atoms with Gasteiger partial charge >= 0.3 is 0 Å². The van der Waals surface area contributed by atoms with Gasteiger partial charge in [-0.05, 0) is 74.5 Å². The molecule has 0 saturated heterocycles. The Balaban J connectivity index is 0.00000129. The number of hydrogen-bond donors (Lipinski definition) is 0. The average molecular weight is 419 g/mol. The smallest absolute Gasteiger partial charge is 0.0194 e. The lowest BCUT2D eigenvalue weighted by atomic mass is 9.84. The van der Waals surface area contributed by atoms with Crippen LogP contribution in [0.25, 0.3) is 0 Å². The second-order valence-corrected chi connectivity index (χ2v) is 9.63. The Labute approximate surface area is 192 Å². The first-order valence-corrected chi connectivity index (χ1v) is 14.0. The highest BCUT2D eigenvalue weighted by molar-refractivity contribution is 5.29. The molecule has 0 spiro atoms. The molecule has 3 aliphatic rings. The maximum absolute atomic E-state index is 2.60. The molecule has 0 aliphatic heterocycles. The predicted molar refractivity (Wildman–Crippen MR) is 140 cm³/mol. The van der Waals surface area contributed by atoms with E-state index in [9.17, 15) is 0 Å². The van der Waals surface area contributed by atoms with Crippen molar-refractivity contribution in [3.05, 3.63) is 23.3 Å². The number of hydrogen-bond acceptors (Lipinski definition) is 0. The molecule has 3 rings (SSSR count). The SMILES string of the molecule is CC.CC.CC.CC1CCC(CCCC2=CCC(C)C(CCC3CCC(C)C3)=C2)C1. The summed E-state index contributed by atoms with van der Waals surface area (Å²) < 4.78 is 0. The topological polar surface area (TPSA) is 0 Å². The minimum Gasteiger partial charge on any atom is -0.0807 e. The van der Waals surface area contributed by atoms with Gasteiger partial charge in [-0.25, -0.2) is 0 Å². The predicted octanol–water partition coefficient (Wildman–Crippen LogP) is 10.8. The van der Waals surface area contributed by atoms with Crippen molar-refractivity contribution >= 4 is 0 Å². The van der Waals surface area contributed by atoms with Gasteiger partial charge in [0, 0.05) is 0 Å². The van der Waals surface area contributed by atoms with Crippen LogP contribution in [0, 0.1) is 29.6 Å². The molecule has 0 heteroatoms. The summed E-state index contributed by atoms with van der Waals surface area (Å²) in [4.78, 5) is 0. The Bertz CT molecular complexity index is 455. The summed E-state index contributed by atoms with van der Waals surface area (Å²) >= 11 is 0. The number of rotatable bonds is 7. The summed E-state index contributed by atoms with van der Waals surface area (Å²) in [6.45, 7) is 19.3. The Morgan fingerprint density at radius 2 is 1.23 bits per heavy atom. The van der Waals surface area contributed by atoms with E-state index in [1.54, 1.807) is 11.1 Å². The molecule has 3 aliphatic carbocycles. The zero-order chi connectivity index (χ0) is 22.9. The molecule has 0 N–H and O–H groups in total. The Morgan fingerprint density at radius 1 is 0.700 bits per heavy atom. The Morgan fingerprint density at radius 3 is 1.73 bits per heavy atom. The summed E-state index contributed by atoms with van der Waals surface area (Å²) in [5.74, 6) is 4.84. The van der Waals surface area contributed by atoms with Crippen molar-refractivity contribution in [1.82, 2.24) is 0 Å². The van der Waals surface area contributed by atoms with Crippen molar-refractivity contribution in [1.29, 1.82) is 0 Å². The van der Waals surface area contributed by atoms with E-state index in [4.69, 9.17) is 0 Å². The zero-order valence-corrected chi connectivity index (χ0v) is 22.5. The van der Waals surface area contributed by atoms with Gasteiger partial charge in [0.05, 0.1) is 0 Å². The van der Waals surface area contributed by atoms with Gasteiger partial charge in [0.25, 0.3) is 0 Å². The van der Waals surface area contributed by atoms with Gasteiger partial charge in [-0.1, -0.05) is 118 Å². The van der Waals surface area contributed by atoms with Crippen LogP contribution in [0.3, 0.4) is 0 Å². The molecule has 0 bridgehead atoms. The van der Waals surface area contributed by atoms with Crippen LogP contribution >= 0.6 is 0 Å². The van der Waals surface area contributed by atoms with E-state index >= 15 is 0 Å². The fraction of sp³-hybridized carbons (Fsp3) is 0.867.